The Hall–Kier alpha value is -1.67. The van der Waals surface area contributed by atoms with Crippen LogP contribution in [0.5, 0.6) is 0 Å². The number of piperidine rings is 1. The minimum atomic E-state index is -1.86. The first kappa shape index (κ1) is 29.1. The fourth-order valence-electron chi connectivity index (χ4n) is 11.8. The molecule has 0 aromatic heterocycles. The fraction of sp³-hybridized carbons (Fsp3) is 0.774. The molecule has 42 heavy (non-hydrogen) atoms. The van der Waals surface area contributed by atoms with Gasteiger partial charge in [0.25, 0.3) is 0 Å². The number of rotatable bonds is 7. The number of nitrogens with zero attached hydrogens (tertiary/aromatic N) is 1. The van der Waals surface area contributed by atoms with E-state index >= 15 is 0 Å². The third kappa shape index (κ3) is 3.05. The lowest BCUT2D eigenvalue weighted by Crippen LogP contribution is -2.80. The maximum absolute atomic E-state index is 13.5. The molecule has 1 aromatic carbocycles. The maximum atomic E-state index is 13.5. The van der Waals surface area contributed by atoms with Gasteiger partial charge in [0, 0.05) is 76.0 Å². The van der Waals surface area contributed by atoms with Gasteiger partial charge in [0.15, 0.2) is 0 Å². The monoisotopic (exact) mass is 589 g/mol. The van der Waals surface area contributed by atoms with Crippen LogP contribution in [0.4, 0.5) is 0 Å². The van der Waals surface area contributed by atoms with Gasteiger partial charge < -0.3 is 49.0 Å². The summed E-state index contributed by atoms with van der Waals surface area (Å²) in [6.07, 6.45) is -5.28. The number of aliphatic hydroxyl groups excluding tert-OH is 2. The first-order chi connectivity index (χ1) is 20.0. The third-order valence-corrected chi connectivity index (χ3v) is 12.6. The molecule has 1 saturated heterocycles. The lowest BCUT2D eigenvalue weighted by atomic mass is 9.42. The average Bonchev–Trinajstić information content (AvgIpc) is 3.37. The van der Waals surface area contributed by atoms with Crippen LogP contribution in [0.3, 0.4) is 0 Å². The van der Waals surface area contributed by atoms with Crippen molar-refractivity contribution in [3.63, 3.8) is 0 Å². The zero-order chi connectivity index (χ0) is 30.0. The molecule has 1 aromatic rings. The summed E-state index contributed by atoms with van der Waals surface area (Å²) >= 11 is 0. The van der Waals surface area contributed by atoms with Gasteiger partial charge in [-0.1, -0.05) is 18.2 Å². The van der Waals surface area contributed by atoms with Gasteiger partial charge in [-0.2, -0.15) is 0 Å². The summed E-state index contributed by atoms with van der Waals surface area (Å²) in [5.41, 5.74) is -4.81. The van der Waals surface area contributed by atoms with Gasteiger partial charge in [0.2, 0.25) is 0 Å². The van der Waals surface area contributed by atoms with Crippen molar-refractivity contribution in [2.75, 3.05) is 48.6 Å². The maximum Gasteiger partial charge on any atom is 0.338 e. The molecule has 5 saturated carbocycles. The molecule has 0 radical (unpaired) electrons. The van der Waals surface area contributed by atoms with E-state index in [-0.39, 0.29) is 25.0 Å². The molecule has 5 aliphatic carbocycles. The summed E-state index contributed by atoms with van der Waals surface area (Å²) in [5, 5.41) is 49.4. The molecule has 1 spiro atoms. The first-order valence-corrected chi connectivity index (χ1v) is 14.9. The van der Waals surface area contributed by atoms with Crippen LogP contribution in [0, 0.1) is 34.5 Å². The predicted molar refractivity (Wildman–Crippen MR) is 146 cm³/mol. The Morgan fingerprint density at radius 1 is 1.00 bits per heavy atom. The molecule has 4 N–H and O–H groups in total. The van der Waals surface area contributed by atoms with Gasteiger partial charge in [-0.05, 0) is 31.5 Å². The molecule has 1 heterocycles. The number of carbonyl (C=O) groups excluding carboxylic acids is 1. The van der Waals surface area contributed by atoms with Gasteiger partial charge in [0.05, 0.1) is 30.5 Å². The number of hydrogen-bond donors (Lipinski definition) is 4. The van der Waals surface area contributed by atoms with E-state index in [1.807, 2.05) is 7.05 Å². The second kappa shape index (κ2) is 9.42. The molecule has 1 aliphatic heterocycles. The molecule has 3 unspecified atom stereocenters. The highest BCUT2D eigenvalue weighted by molar-refractivity contribution is 5.89. The SMILES string of the molecule is COC[C@@]12CN(C)[C@H]3C4C(OC)[C@@H]1[C@]3([C@H](OC)CC2O)[C@H]1C[C@]2(O)[C@H](OC)[C@@H](O)[C@]4(O)[C@@H]1[C@@H]2OC(=O)c1ccccc1. The van der Waals surface area contributed by atoms with Crippen molar-refractivity contribution >= 4 is 5.97 Å². The molecule has 0 amide bonds. The zero-order valence-electron chi connectivity index (χ0n) is 24.8. The van der Waals surface area contributed by atoms with Gasteiger partial charge in [-0.15, -0.1) is 0 Å². The summed E-state index contributed by atoms with van der Waals surface area (Å²) < 4.78 is 30.3. The number of likely N-dealkylation sites (tertiary alicyclic amines) is 1. The van der Waals surface area contributed by atoms with Crippen LogP contribution >= 0.6 is 0 Å². The molecule has 232 valence electrons. The van der Waals surface area contributed by atoms with Crippen molar-refractivity contribution in [1.82, 2.24) is 4.90 Å². The second-order valence-corrected chi connectivity index (χ2v) is 13.7. The fourth-order valence-corrected chi connectivity index (χ4v) is 11.8. The number of esters is 1. The van der Waals surface area contributed by atoms with Crippen molar-refractivity contribution in [1.29, 1.82) is 0 Å². The van der Waals surface area contributed by atoms with Crippen molar-refractivity contribution in [2.24, 2.45) is 34.5 Å². The lowest BCUT2D eigenvalue weighted by Gasteiger charge is -2.69. The Labute approximate surface area is 245 Å². The molecule has 7 rings (SSSR count). The van der Waals surface area contributed by atoms with E-state index in [2.05, 4.69) is 4.90 Å². The van der Waals surface area contributed by atoms with Crippen LogP contribution in [0.15, 0.2) is 30.3 Å². The summed E-state index contributed by atoms with van der Waals surface area (Å²) in [5.74, 6) is -2.96. The van der Waals surface area contributed by atoms with Crippen molar-refractivity contribution in [2.45, 2.75) is 66.7 Å². The van der Waals surface area contributed by atoms with E-state index in [0.717, 1.165) is 0 Å². The molecule has 11 nitrogen and oxygen atoms in total. The van der Waals surface area contributed by atoms with E-state index in [9.17, 15) is 25.2 Å². The van der Waals surface area contributed by atoms with Gasteiger partial charge in [0.1, 0.15) is 29.5 Å². The van der Waals surface area contributed by atoms with Crippen LogP contribution < -0.4 is 0 Å². The van der Waals surface area contributed by atoms with E-state index in [4.69, 9.17) is 23.7 Å². The highest BCUT2D eigenvalue weighted by atomic mass is 16.6. The number of hydrogen-bond acceptors (Lipinski definition) is 11. The van der Waals surface area contributed by atoms with Crippen LogP contribution in [-0.4, -0.2) is 134 Å². The van der Waals surface area contributed by atoms with E-state index in [1.54, 1.807) is 51.7 Å². The Bertz CT molecular complexity index is 1240. The number of carbonyl (C=O) groups is 1. The number of fused-ring (bicyclic) bond motifs is 2. The quantitative estimate of drug-likeness (QED) is 0.311. The van der Waals surface area contributed by atoms with Crippen LogP contribution in [-0.2, 0) is 23.7 Å². The Morgan fingerprint density at radius 2 is 1.71 bits per heavy atom. The second-order valence-electron chi connectivity index (χ2n) is 13.7. The normalized spacial score (nSPS) is 53.7. The molecule has 7 bridgehead atoms. The zero-order valence-corrected chi connectivity index (χ0v) is 24.8. The topological polar surface area (TPSA) is 147 Å². The van der Waals surface area contributed by atoms with E-state index in [0.29, 0.717) is 18.5 Å². The Morgan fingerprint density at radius 3 is 2.33 bits per heavy atom. The number of ether oxygens (including phenoxy) is 5. The highest BCUT2D eigenvalue weighted by Crippen LogP contribution is 2.80. The van der Waals surface area contributed by atoms with E-state index < -0.39 is 82.4 Å². The first-order valence-electron chi connectivity index (χ1n) is 14.9. The van der Waals surface area contributed by atoms with Crippen molar-refractivity contribution < 1.29 is 48.9 Å². The Balaban J connectivity index is 1.47. The molecule has 6 aliphatic rings. The summed E-state index contributed by atoms with van der Waals surface area (Å²) in [6.45, 7) is 0.760. The largest absolute Gasteiger partial charge is 0.455 e. The standard InChI is InChI=1S/C31H43NO10/c1-32-13-28(14-38-2)17(33)11-18(39-3)30-16-12-29(36)25(42-27(35)15-9-7-6-8-10-15)19(16)31(37,24(34)26(29)41-5)20(23(30)32)21(40-4)22(28)30/h6-10,16-26,33-34,36-37H,11-14H2,1-5H3/t16-,17?,18+,19-,20?,21?,22-,23-,24+,25-,26+,28+,29+,30+,31-/m0/s1. The van der Waals surface area contributed by atoms with Crippen LogP contribution in [0.1, 0.15) is 23.2 Å². The number of benzene rings is 1. The van der Waals surface area contributed by atoms with Crippen LogP contribution in [0.25, 0.3) is 0 Å². The van der Waals surface area contributed by atoms with E-state index in [1.165, 1.54) is 7.11 Å². The predicted octanol–water partition coefficient (Wildman–Crippen LogP) is -0.313. The van der Waals surface area contributed by atoms with Gasteiger partial charge in [-0.3, -0.25) is 0 Å². The third-order valence-electron chi connectivity index (χ3n) is 12.6. The number of methoxy groups -OCH3 is 4. The van der Waals surface area contributed by atoms with Gasteiger partial charge in [-0.25, -0.2) is 4.79 Å². The highest BCUT2D eigenvalue weighted by Gasteiger charge is 2.91. The smallest absolute Gasteiger partial charge is 0.338 e. The molecule has 15 atom stereocenters. The van der Waals surface area contributed by atoms with Gasteiger partial charge >= 0.3 is 5.97 Å². The lowest BCUT2D eigenvalue weighted by molar-refractivity contribution is -0.318. The number of aliphatic hydroxyl groups is 4. The molecular formula is C31H43NO10. The summed E-state index contributed by atoms with van der Waals surface area (Å²) in [4.78, 5) is 15.7. The summed E-state index contributed by atoms with van der Waals surface area (Å²) in [6, 6.07) is 8.22. The minimum Gasteiger partial charge on any atom is -0.455 e. The molecular weight excluding hydrogens is 546 g/mol. The molecule has 6 fully saturated rings. The average molecular weight is 590 g/mol. The van der Waals surface area contributed by atoms with Crippen molar-refractivity contribution in [3.8, 4) is 0 Å². The Kier molecular flexibility index (Phi) is 6.52. The minimum absolute atomic E-state index is 0.102. The molecule has 11 heteroatoms. The van der Waals surface area contributed by atoms with Crippen molar-refractivity contribution in [3.05, 3.63) is 35.9 Å². The summed E-state index contributed by atoms with van der Waals surface area (Å²) in [7, 11) is 8.22. The van der Waals surface area contributed by atoms with Crippen LogP contribution in [0.2, 0.25) is 0 Å².